The van der Waals surface area contributed by atoms with Crippen LogP contribution < -0.4 is 4.90 Å². The van der Waals surface area contributed by atoms with Crippen LogP contribution in [-0.2, 0) is 0 Å². The highest BCUT2D eigenvalue weighted by molar-refractivity contribution is 7.26. The predicted molar refractivity (Wildman–Crippen MR) is 289 cm³/mol. The second-order valence-corrected chi connectivity index (χ2v) is 18.7. The molecule has 3 heterocycles. The maximum absolute atomic E-state index is 6.38. The molecular weight excluding hydrogens is 845 g/mol. The van der Waals surface area contributed by atoms with E-state index in [-0.39, 0.29) is 0 Å². The third kappa shape index (κ3) is 6.19. The lowest BCUT2D eigenvalue weighted by Crippen LogP contribution is -2.10. The number of nitrogens with zero attached hydrogens (tertiary/aromatic N) is 2. The molecule has 0 saturated carbocycles. The summed E-state index contributed by atoms with van der Waals surface area (Å²) in [5.41, 5.74) is 15.6. The molecular formula is C64H40N2OS. The quantitative estimate of drug-likeness (QED) is 0.159. The zero-order valence-electron chi connectivity index (χ0n) is 36.8. The van der Waals surface area contributed by atoms with Crippen LogP contribution >= 0.6 is 11.3 Å². The number of hydrogen-bond acceptors (Lipinski definition) is 3. The van der Waals surface area contributed by atoms with Gasteiger partial charge in [0.25, 0.3) is 0 Å². The minimum atomic E-state index is 0.888. The van der Waals surface area contributed by atoms with Gasteiger partial charge < -0.3 is 13.9 Å². The summed E-state index contributed by atoms with van der Waals surface area (Å²) in [5.74, 6) is 0. The summed E-state index contributed by atoms with van der Waals surface area (Å²) in [5, 5.41) is 9.75. The number of anilines is 3. The van der Waals surface area contributed by atoms with Crippen molar-refractivity contribution in [1.82, 2.24) is 4.57 Å². The Morgan fingerprint density at radius 2 is 1.00 bits per heavy atom. The molecule has 14 aromatic rings. The van der Waals surface area contributed by atoms with Gasteiger partial charge in [0.15, 0.2) is 0 Å². The first-order chi connectivity index (χ1) is 33.7. The van der Waals surface area contributed by atoms with Gasteiger partial charge >= 0.3 is 0 Å². The molecule has 14 rings (SSSR count). The zero-order chi connectivity index (χ0) is 44.7. The van der Waals surface area contributed by atoms with Crippen molar-refractivity contribution in [3.05, 3.63) is 243 Å². The first kappa shape index (κ1) is 38.6. The molecule has 3 aromatic heterocycles. The molecule has 0 spiro atoms. The number of rotatable bonds is 7. The third-order valence-electron chi connectivity index (χ3n) is 13.8. The number of benzene rings is 11. The highest BCUT2D eigenvalue weighted by atomic mass is 32.1. The lowest BCUT2D eigenvalue weighted by atomic mass is 9.97. The molecule has 0 radical (unpaired) electrons. The number of fused-ring (bicyclic) bond motifs is 10. The number of para-hydroxylation sites is 3. The second kappa shape index (κ2) is 15.5. The Morgan fingerprint density at radius 3 is 1.81 bits per heavy atom. The van der Waals surface area contributed by atoms with Gasteiger partial charge in [0, 0.05) is 70.0 Å². The maximum atomic E-state index is 6.38. The fourth-order valence-corrected chi connectivity index (χ4v) is 11.8. The molecule has 3 nitrogen and oxygen atoms in total. The van der Waals surface area contributed by atoms with Crippen molar-refractivity contribution in [2.75, 3.05) is 4.90 Å². The van der Waals surface area contributed by atoms with Crippen molar-refractivity contribution in [3.8, 4) is 39.1 Å². The van der Waals surface area contributed by atoms with Crippen LogP contribution in [0.15, 0.2) is 247 Å². The van der Waals surface area contributed by atoms with Crippen molar-refractivity contribution in [1.29, 1.82) is 0 Å². The van der Waals surface area contributed by atoms with Crippen LogP contribution in [0.2, 0.25) is 0 Å². The normalized spacial score (nSPS) is 11.8. The zero-order valence-corrected chi connectivity index (χ0v) is 37.6. The van der Waals surface area contributed by atoms with Crippen LogP contribution in [0.25, 0.3) is 114 Å². The van der Waals surface area contributed by atoms with Gasteiger partial charge in [-0.15, -0.1) is 11.3 Å². The van der Waals surface area contributed by atoms with E-state index in [0.29, 0.717) is 0 Å². The van der Waals surface area contributed by atoms with Crippen molar-refractivity contribution in [2.45, 2.75) is 0 Å². The summed E-state index contributed by atoms with van der Waals surface area (Å²) in [4.78, 5) is 2.43. The van der Waals surface area contributed by atoms with E-state index >= 15 is 0 Å². The van der Waals surface area contributed by atoms with Gasteiger partial charge in [0.05, 0.1) is 11.0 Å². The van der Waals surface area contributed by atoms with Crippen molar-refractivity contribution >= 4 is 103 Å². The number of furan rings is 1. The van der Waals surface area contributed by atoms with Crippen molar-refractivity contribution < 1.29 is 4.42 Å². The Kier molecular flexibility index (Phi) is 8.76. The average Bonchev–Trinajstić information content (AvgIpc) is 4.09. The molecule has 0 fully saturated rings. The average molecular weight is 885 g/mol. The first-order valence-electron chi connectivity index (χ1n) is 23.1. The minimum absolute atomic E-state index is 0.888. The van der Waals surface area contributed by atoms with E-state index in [4.69, 9.17) is 4.42 Å². The summed E-state index contributed by atoms with van der Waals surface area (Å²) in [6, 6.07) is 88.4. The van der Waals surface area contributed by atoms with E-state index in [1.54, 1.807) is 0 Å². The number of hydrogen-bond donors (Lipinski definition) is 0. The summed E-state index contributed by atoms with van der Waals surface area (Å²) in [7, 11) is 0. The lowest BCUT2D eigenvalue weighted by Gasteiger charge is -2.27. The first-order valence-corrected chi connectivity index (χ1v) is 24.0. The van der Waals surface area contributed by atoms with E-state index in [1.165, 1.54) is 75.0 Å². The van der Waals surface area contributed by atoms with Gasteiger partial charge in [0.2, 0.25) is 0 Å². The van der Waals surface area contributed by atoms with Crippen LogP contribution in [0.5, 0.6) is 0 Å². The summed E-state index contributed by atoms with van der Waals surface area (Å²) < 4.78 is 11.3. The Hall–Kier alpha value is -8.70. The third-order valence-corrected chi connectivity index (χ3v) is 15.0. The molecule has 0 saturated heterocycles. The maximum Gasteiger partial charge on any atom is 0.136 e. The van der Waals surface area contributed by atoms with E-state index in [1.807, 2.05) is 17.4 Å². The van der Waals surface area contributed by atoms with E-state index in [9.17, 15) is 0 Å². The van der Waals surface area contributed by atoms with Crippen LogP contribution in [0.1, 0.15) is 0 Å². The van der Waals surface area contributed by atoms with Gasteiger partial charge in [-0.1, -0.05) is 158 Å². The Labute approximate surface area is 396 Å². The van der Waals surface area contributed by atoms with Gasteiger partial charge in [-0.05, 0) is 124 Å². The van der Waals surface area contributed by atoms with Crippen LogP contribution in [-0.4, -0.2) is 4.57 Å². The molecule has 11 aromatic carbocycles. The molecule has 0 unspecified atom stereocenters. The Bertz CT molecular complexity index is 4210. The van der Waals surface area contributed by atoms with E-state index < -0.39 is 0 Å². The highest BCUT2D eigenvalue weighted by Gasteiger charge is 2.21. The standard InChI is InChI=1S/C64H40N2OS/c1-2-14-44-37-45(28-27-41(44)13-1)42-29-33-47(34-30-42)65(49-16-11-15-46(38-49)51-21-12-25-61-63(51)55-20-5-9-24-60(55)67-61)50-39-56(64-57(40-50)54-19-6-10-26-62(54)68-64)43-31-35-48(36-32-43)66-58-22-7-3-17-52(58)53-18-4-8-23-59(53)66/h1-40H. The number of thiophene rings is 1. The molecule has 0 aliphatic rings. The topological polar surface area (TPSA) is 21.3 Å². The SMILES string of the molecule is c1cc(-c2cccc3oc4ccccc4c23)cc(N(c2ccc(-c3ccc4ccccc4c3)cc2)c2cc(-c3ccc(-n4c5ccccc5c5ccccc54)cc3)c3sc4ccccc4c3c2)c1. The number of aromatic nitrogens is 1. The van der Waals surface area contributed by atoms with Gasteiger partial charge in [-0.25, -0.2) is 0 Å². The molecule has 68 heavy (non-hydrogen) atoms. The van der Waals surface area contributed by atoms with Crippen LogP contribution in [0, 0.1) is 0 Å². The van der Waals surface area contributed by atoms with Crippen molar-refractivity contribution in [3.63, 3.8) is 0 Å². The van der Waals surface area contributed by atoms with E-state index in [2.05, 4.69) is 246 Å². The molecule has 0 N–H and O–H groups in total. The van der Waals surface area contributed by atoms with Gasteiger partial charge in [-0.2, -0.15) is 0 Å². The molecule has 0 aliphatic carbocycles. The second-order valence-electron chi connectivity index (χ2n) is 17.7. The monoisotopic (exact) mass is 884 g/mol. The Balaban J connectivity index is 0.962. The molecule has 0 amide bonds. The highest BCUT2D eigenvalue weighted by Crippen LogP contribution is 2.47. The molecule has 318 valence electrons. The minimum Gasteiger partial charge on any atom is -0.456 e. The Morgan fingerprint density at radius 1 is 0.353 bits per heavy atom. The fourth-order valence-electron chi connectivity index (χ4n) is 10.6. The largest absolute Gasteiger partial charge is 0.456 e. The van der Waals surface area contributed by atoms with Gasteiger partial charge in [0.1, 0.15) is 11.2 Å². The van der Waals surface area contributed by atoms with Crippen molar-refractivity contribution in [2.24, 2.45) is 0 Å². The summed E-state index contributed by atoms with van der Waals surface area (Å²) >= 11 is 1.87. The molecule has 0 aliphatic heterocycles. The lowest BCUT2D eigenvalue weighted by molar-refractivity contribution is 0.669. The van der Waals surface area contributed by atoms with Crippen LogP contribution in [0.4, 0.5) is 17.1 Å². The van der Waals surface area contributed by atoms with Gasteiger partial charge in [-0.3, -0.25) is 0 Å². The fraction of sp³-hybridized carbons (Fsp3) is 0. The van der Waals surface area contributed by atoms with E-state index in [0.717, 1.165) is 55.8 Å². The molecule has 0 bridgehead atoms. The predicted octanol–water partition coefficient (Wildman–Crippen LogP) is 18.7. The molecule has 4 heteroatoms. The summed E-state index contributed by atoms with van der Waals surface area (Å²) in [6.07, 6.45) is 0. The van der Waals surface area contributed by atoms with Crippen LogP contribution in [0.3, 0.4) is 0 Å². The smallest absolute Gasteiger partial charge is 0.136 e. The molecule has 0 atom stereocenters. The summed E-state index contributed by atoms with van der Waals surface area (Å²) in [6.45, 7) is 0.